The van der Waals surface area contributed by atoms with Crippen molar-refractivity contribution in [1.29, 1.82) is 0 Å². The molecule has 5 nitrogen and oxygen atoms in total. The Labute approximate surface area is 142 Å². The number of piperidine rings is 1. The lowest BCUT2D eigenvalue weighted by Gasteiger charge is -2.30. The Balaban J connectivity index is 1.97. The van der Waals surface area contributed by atoms with Crippen molar-refractivity contribution in [2.75, 3.05) is 25.5 Å². The summed E-state index contributed by atoms with van der Waals surface area (Å²) < 4.78 is 14.1. The van der Waals surface area contributed by atoms with Crippen LogP contribution in [0.4, 0.5) is 10.1 Å². The van der Waals surface area contributed by atoms with Crippen LogP contribution in [0.15, 0.2) is 18.2 Å². The van der Waals surface area contributed by atoms with E-state index >= 15 is 0 Å². The number of anilines is 1. The molecule has 1 atom stereocenters. The number of likely N-dealkylation sites (N-methyl/N-ethyl adjacent to an activating group) is 1. The van der Waals surface area contributed by atoms with Crippen LogP contribution in [0.2, 0.25) is 0 Å². The third kappa shape index (κ3) is 5.30. The maximum absolute atomic E-state index is 14.1. The molecule has 1 aromatic carbocycles. The lowest BCUT2D eigenvalue weighted by atomic mass is 10.1. The van der Waals surface area contributed by atoms with E-state index in [2.05, 4.69) is 15.5 Å². The van der Waals surface area contributed by atoms with Crippen molar-refractivity contribution in [1.82, 2.24) is 10.2 Å². The number of halogens is 1. The zero-order chi connectivity index (χ0) is 17.7. The number of hydrogen-bond donors (Lipinski definition) is 2. The highest BCUT2D eigenvalue weighted by molar-refractivity contribution is 5.96. The largest absolute Gasteiger partial charge is 0.348 e. The number of benzene rings is 1. The molecule has 2 N–H and O–H groups in total. The van der Waals surface area contributed by atoms with Gasteiger partial charge in [-0.05, 0) is 50.6 Å². The minimum absolute atomic E-state index is 0.0877. The number of likely N-dealkylation sites (tertiary alicyclic amines) is 1. The smallest absolute Gasteiger partial charge is 0.251 e. The number of carbonyl (C=O) groups is 2. The number of hydrogen-bond acceptors (Lipinski definition) is 3. The van der Waals surface area contributed by atoms with Gasteiger partial charge in [-0.3, -0.25) is 9.59 Å². The predicted molar refractivity (Wildman–Crippen MR) is 92.5 cm³/mol. The van der Waals surface area contributed by atoms with Crippen LogP contribution in [-0.2, 0) is 4.79 Å². The molecule has 132 valence electrons. The van der Waals surface area contributed by atoms with E-state index in [4.69, 9.17) is 0 Å². The third-order valence-electron chi connectivity index (χ3n) is 4.06. The number of nitrogens with one attached hydrogen (secondary N) is 2. The molecule has 6 heteroatoms. The second-order valence-electron chi connectivity index (χ2n) is 6.92. The molecule has 1 aromatic rings. The standard InChI is InChI=1S/C18H26FN3O2/c1-12(2)9-17(23)21-16-7-6-13(10-15(16)19)18(24)20-14-5-4-8-22(3)11-14/h6-7,10,12,14H,4-5,8-9,11H2,1-3H3,(H,20,24)(H,21,23). The van der Waals surface area contributed by atoms with Crippen LogP contribution in [0.1, 0.15) is 43.5 Å². The molecule has 1 unspecified atom stereocenters. The van der Waals surface area contributed by atoms with Crippen molar-refractivity contribution in [3.8, 4) is 0 Å². The van der Waals surface area contributed by atoms with Crippen LogP contribution < -0.4 is 10.6 Å². The summed E-state index contributed by atoms with van der Waals surface area (Å²) >= 11 is 0. The summed E-state index contributed by atoms with van der Waals surface area (Å²) in [6.07, 6.45) is 2.30. The first-order chi connectivity index (χ1) is 11.3. The average Bonchev–Trinajstić information content (AvgIpc) is 2.48. The van der Waals surface area contributed by atoms with Gasteiger partial charge in [0.15, 0.2) is 0 Å². The highest BCUT2D eigenvalue weighted by Gasteiger charge is 2.20. The summed E-state index contributed by atoms with van der Waals surface area (Å²) in [6.45, 7) is 5.68. The van der Waals surface area contributed by atoms with Crippen molar-refractivity contribution in [3.63, 3.8) is 0 Å². The van der Waals surface area contributed by atoms with Gasteiger partial charge in [-0.1, -0.05) is 13.8 Å². The topological polar surface area (TPSA) is 61.4 Å². The number of amides is 2. The summed E-state index contributed by atoms with van der Waals surface area (Å²) in [5.74, 6) is -0.909. The van der Waals surface area contributed by atoms with Crippen LogP contribution in [-0.4, -0.2) is 42.9 Å². The molecular formula is C18H26FN3O2. The molecule has 1 heterocycles. The van der Waals surface area contributed by atoms with Gasteiger partial charge in [0.2, 0.25) is 5.91 Å². The average molecular weight is 335 g/mol. The van der Waals surface area contributed by atoms with Crippen LogP contribution in [0.3, 0.4) is 0 Å². The van der Waals surface area contributed by atoms with E-state index in [1.54, 1.807) is 0 Å². The molecule has 0 radical (unpaired) electrons. The molecule has 1 aliphatic heterocycles. The van der Waals surface area contributed by atoms with Gasteiger partial charge in [0.25, 0.3) is 5.91 Å². The summed E-state index contributed by atoms with van der Waals surface area (Å²) in [5.41, 5.74) is 0.372. The SMILES string of the molecule is CC(C)CC(=O)Nc1ccc(C(=O)NC2CCCN(C)C2)cc1F. The summed E-state index contributed by atoms with van der Waals surface area (Å²) in [7, 11) is 2.02. The molecule has 0 spiro atoms. The predicted octanol–water partition coefficient (Wildman–Crippen LogP) is 2.63. The quantitative estimate of drug-likeness (QED) is 0.869. The van der Waals surface area contributed by atoms with E-state index in [1.807, 2.05) is 20.9 Å². The van der Waals surface area contributed by atoms with Gasteiger partial charge in [-0.2, -0.15) is 0 Å². The van der Waals surface area contributed by atoms with Gasteiger partial charge in [0, 0.05) is 24.6 Å². The Morgan fingerprint density at radius 1 is 1.38 bits per heavy atom. The highest BCUT2D eigenvalue weighted by Crippen LogP contribution is 2.17. The minimum atomic E-state index is -0.597. The van der Waals surface area contributed by atoms with Crippen LogP contribution in [0.5, 0.6) is 0 Å². The van der Waals surface area contributed by atoms with Crippen LogP contribution in [0.25, 0.3) is 0 Å². The maximum Gasteiger partial charge on any atom is 0.251 e. The van der Waals surface area contributed by atoms with Crippen molar-refractivity contribution in [2.24, 2.45) is 5.92 Å². The van der Waals surface area contributed by atoms with E-state index in [9.17, 15) is 14.0 Å². The van der Waals surface area contributed by atoms with E-state index in [-0.39, 0.29) is 35.0 Å². The fourth-order valence-electron chi connectivity index (χ4n) is 2.88. The lowest BCUT2D eigenvalue weighted by Crippen LogP contribution is -2.46. The van der Waals surface area contributed by atoms with E-state index in [0.29, 0.717) is 6.42 Å². The van der Waals surface area contributed by atoms with E-state index < -0.39 is 5.82 Å². The molecule has 0 aromatic heterocycles. The normalized spacial score (nSPS) is 18.5. The van der Waals surface area contributed by atoms with Gasteiger partial charge in [0.05, 0.1) is 5.69 Å². The molecule has 1 fully saturated rings. The third-order valence-corrected chi connectivity index (χ3v) is 4.06. The molecule has 1 saturated heterocycles. The zero-order valence-electron chi connectivity index (χ0n) is 14.6. The molecule has 24 heavy (non-hydrogen) atoms. The number of nitrogens with zero attached hydrogens (tertiary/aromatic N) is 1. The monoisotopic (exact) mass is 335 g/mol. The molecule has 0 bridgehead atoms. The number of carbonyl (C=O) groups excluding carboxylic acids is 2. The Morgan fingerprint density at radius 3 is 2.75 bits per heavy atom. The molecule has 1 aliphatic rings. The minimum Gasteiger partial charge on any atom is -0.348 e. The van der Waals surface area contributed by atoms with Gasteiger partial charge < -0.3 is 15.5 Å². The molecular weight excluding hydrogens is 309 g/mol. The Morgan fingerprint density at radius 2 is 2.12 bits per heavy atom. The molecule has 2 rings (SSSR count). The lowest BCUT2D eigenvalue weighted by molar-refractivity contribution is -0.116. The highest BCUT2D eigenvalue weighted by atomic mass is 19.1. The first-order valence-electron chi connectivity index (χ1n) is 8.44. The Kier molecular flexibility index (Phi) is 6.31. The Hall–Kier alpha value is -1.95. The summed E-state index contributed by atoms with van der Waals surface area (Å²) in [6, 6.07) is 4.24. The molecule has 0 saturated carbocycles. The van der Waals surface area contributed by atoms with Crippen molar-refractivity contribution >= 4 is 17.5 Å². The zero-order valence-corrected chi connectivity index (χ0v) is 14.6. The number of rotatable bonds is 5. The van der Waals surface area contributed by atoms with Crippen LogP contribution in [0, 0.1) is 11.7 Å². The van der Waals surface area contributed by atoms with Gasteiger partial charge in [0.1, 0.15) is 5.82 Å². The second-order valence-corrected chi connectivity index (χ2v) is 6.92. The van der Waals surface area contributed by atoms with Gasteiger partial charge >= 0.3 is 0 Å². The first kappa shape index (κ1) is 18.4. The second kappa shape index (κ2) is 8.24. The van der Waals surface area contributed by atoms with Gasteiger partial charge in [-0.15, -0.1) is 0 Å². The van der Waals surface area contributed by atoms with E-state index in [0.717, 1.165) is 25.9 Å². The van der Waals surface area contributed by atoms with Crippen LogP contribution >= 0.6 is 0 Å². The molecule has 0 aliphatic carbocycles. The molecule has 2 amide bonds. The van der Waals surface area contributed by atoms with Gasteiger partial charge in [-0.25, -0.2) is 4.39 Å². The summed E-state index contributed by atoms with van der Waals surface area (Å²) in [4.78, 5) is 26.2. The van der Waals surface area contributed by atoms with Crippen molar-refractivity contribution in [3.05, 3.63) is 29.6 Å². The van der Waals surface area contributed by atoms with Crippen molar-refractivity contribution < 1.29 is 14.0 Å². The summed E-state index contributed by atoms with van der Waals surface area (Å²) in [5, 5.41) is 5.49. The van der Waals surface area contributed by atoms with Crippen molar-refractivity contribution in [2.45, 2.75) is 39.2 Å². The Bertz CT molecular complexity index is 604. The van der Waals surface area contributed by atoms with E-state index in [1.165, 1.54) is 18.2 Å². The first-order valence-corrected chi connectivity index (χ1v) is 8.44. The fraction of sp³-hybridized carbons (Fsp3) is 0.556. The fourth-order valence-corrected chi connectivity index (χ4v) is 2.88. The maximum atomic E-state index is 14.1.